The largest absolute Gasteiger partial charge is 0.380 e. The van der Waals surface area contributed by atoms with Gasteiger partial charge in [-0.15, -0.1) is 0 Å². The van der Waals surface area contributed by atoms with E-state index in [-0.39, 0.29) is 11.8 Å². The standard InChI is InChI=1S/C13H17ClN2O2/c14-10-3-1-9(2-4-10)12(13(15)17)7-16-11-5-6-18-8-11/h1-4,11-12,16H,5-8H2,(H2,15,17)/t11-,12+/m0/s1. The Morgan fingerprint density at radius 1 is 1.50 bits per heavy atom. The van der Waals surface area contributed by atoms with Gasteiger partial charge < -0.3 is 15.8 Å². The van der Waals surface area contributed by atoms with Gasteiger partial charge in [-0.1, -0.05) is 23.7 Å². The number of nitrogens with two attached hydrogens (primary N) is 1. The molecule has 1 aliphatic rings. The molecule has 98 valence electrons. The molecule has 3 N–H and O–H groups in total. The highest BCUT2D eigenvalue weighted by Crippen LogP contribution is 2.18. The first-order valence-corrected chi connectivity index (χ1v) is 6.40. The summed E-state index contributed by atoms with van der Waals surface area (Å²) in [5.41, 5.74) is 6.34. The Hall–Kier alpha value is -1.10. The first kappa shape index (κ1) is 13.3. The van der Waals surface area contributed by atoms with Gasteiger partial charge >= 0.3 is 0 Å². The van der Waals surface area contributed by atoms with Crippen molar-refractivity contribution in [1.82, 2.24) is 5.32 Å². The second-order valence-corrected chi connectivity index (χ2v) is 4.91. The Balaban J connectivity index is 1.99. The first-order chi connectivity index (χ1) is 8.66. The molecule has 1 aliphatic heterocycles. The minimum absolute atomic E-state index is 0.319. The van der Waals surface area contributed by atoms with Crippen LogP contribution >= 0.6 is 11.6 Å². The molecule has 0 aromatic heterocycles. The molecule has 0 radical (unpaired) electrons. The van der Waals surface area contributed by atoms with Gasteiger partial charge in [0.05, 0.1) is 12.5 Å². The summed E-state index contributed by atoms with van der Waals surface area (Å²) in [6.45, 7) is 2.01. The third-order valence-electron chi connectivity index (χ3n) is 3.16. The van der Waals surface area contributed by atoms with Crippen molar-refractivity contribution in [3.63, 3.8) is 0 Å². The van der Waals surface area contributed by atoms with E-state index in [0.29, 0.717) is 24.2 Å². The van der Waals surface area contributed by atoms with Crippen molar-refractivity contribution >= 4 is 17.5 Å². The lowest BCUT2D eigenvalue weighted by molar-refractivity contribution is -0.119. The van der Waals surface area contributed by atoms with E-state index in [9.17, 15) is 4.79 Å². The van der Waals surface area contributed by atoms with E-state index in [1.807, 2.05) is 12.1 Å². The Bertz CT molecular complexity index is 402. The summed E-state index contributed by atoms with van der Waals surface area (Å²) in [7, 11) is 0. The molecule has 18 heavy (non-hydrogen) atoms. The third kappa shape index (κ3) is 3.45. The summed E-state index contributed by atoms with van der Waals surface area (Å²) in [4.78, 5) is 11.5. The van der Waals surface area contributed by atoms with Crippen molar-refractivity contribution in [3.05, 3.63) is 34.9 Å². The topological polar surface area (TPSA) is 64.4 Å². The Morgan fingerprint density at radius 2 is 2.22 bits per heavy atom. The molecule has 0 bridgehead atoms. The SMILES string of the molecule is NC(=O)[C@H](CN[C@H]1CCOC1)c1ccc(Cl)cc1. The van der Waals surface area contributed by atoms with Crippen LogP contribution in [0.25, 0.3) is 0 Å². The van der Waals surface area contributed by atoms with Gasteiger partial charge in [0.2, 0.25) is 5.91 Å². The summed E-state index contributed by atoms with van der Waals surface area (Å²) in [5, 5.41) is 3.97. The maximum absolute atomic E-state index is 11.5. The fourth-order valence-corrected chi connectivity index (χ4v) is 2.18. The summed E-state index contributed by atoms with van der Waals surface area (Å²) < 4.78 is 5.28. The highest BCUT2D eigenvalue weighted by molar-refractivity contribution is 6.30. The van der Waals surface area contributed by atoms with Crippen molar-refractivity contribution < 1.29 is 9.53 Å². The minimum Gasteiger partial charge on any atom is -0.380 e. The molecule has 1 saturated heterocycles. The quantitative estimate of drug-likeness (QED) is 0.846. The lowest BCUT2D eigenvalue weighted by atomic mass is 9.98. The summed E-state index contributed by atoms with van der Waals surface area (Å²) in [6, 6.07) is 7.53. The van der Waals surface area contributed by atoms with Gasteiger partial charge in [-0.25, -0.2) is 0 Å². The van der Waals surface area contributed by atoms with E-state index in [1.54, 1.807) is 12.1 Å². The lowest BCUT2D eigenvalue weighted by Gasteiger charge is -2.17. The maximum Gasteiger partial charge on any atom is 0.226 e. The van der Waals surface area contributed by atoms with Crippen molar-refractivity contribution in [2.75, 3.05) is 19.8 Å². The molecule has 0 unspecified atom stereocenters. The van der Waals surface area contributed by atoms with Crippen LogP contribution in [-0.4, -0.2) is 31.7 Å². The number of benzene rings is 1. The van der Waals surface area contributed by atoms with Crippen molar-refractivity contribution in [2.24, 2.45) is 5.73 Å². The van der Waals surface area contributed by atoms with E-state index in [1.165, 1.54) is 0 Å². The van der Waals surface area contributed by atoms with Crippen molar-refractivity contribution in [1.29, 1.82) is 0 Å². The molecule has 0 spiro atoms. The number of hydrogen-bond acceptors (Lipinski definition) is 3. The number of halogens is 1. The number of nitrogens with one attached hydrogen (secondary N) is 1. The predicted octanol–water partition coefficient (Wildman–Crippen LogP) is 1.29. The molecule has 1 fully saturated rings. The van der Waals surface area contributed by atoms with Gasteiger partial charge in [0.25, 0.3) is 0 Å². The average Bonchev–Trinajstić information content (AvgIpc) is 2.84. The Kier molecular flexibility index (Phi) is 4.58. The number of ether oxygens (including phenoxy) is 1. The molecule has 1 aromatic rings. The van der Waals surface area contributed by atoms with Gasteiger partial charge in [-0.05, 0) is 24.1 Å². The van der Waals surface area contributed by atoms with Gasteiger partial charge in [0, 0.05) is 24.2 Å². The van der Waals surface area contributed by atoms with E-state index < -0.39 is 0 Å². The molecule has 1 aromatic carbocycles. The molecule has 1 heterocycles. The number of rotatable bonds is 5. The number of primary amides is 1. The molecule has 0 saturated carbocycles. The van der Waals surface area contributed by atoms with Crippen molar-refractivity contribution in [3.8, 4) is 0 Å². The van der Waals surface area contributed by atoms with E-state index in [2.05, 4.69) is 5.32 Å². The molecular formula is C13H17ClN2O2. The van der Waals surface area contributed by atoms with Crippen LogP contribution in [0, 0.1) is 0 Å². The lowest BCUT2D eigenvalue weighted by Crippen LogP contribution is -2.37. The van der Waals surface area contributed by atoms with Gasteiger partial charge in [0.1, 0.15) is 0 Å². The van der Waals surface area contributed by atoms with Crippen LogP contribution in [0.4, 0.5) is 0 Å². The zero-order valence-corrected chi connectivity index (χ0v) is 10.8. The zero-order valence-electron chi connectivity index (χ0n) is 10.1. The zero-order chi connectivity index (χ0) is 13.0. The number of hydrogen-bond donors (Lipinski definition) is 2. The Labute approximate surface area is 111 Å². The van der Waals surface area contributed by atoms with Crippen LogP contribution in [0.3, 0.4) is 0 Å². The van der Waals surface area contributed by atoms with E-state index >= 15 is 0 Å². The third-order valence-corrected chi connectivity index (χ3v) is 3.41. The van der Waals surface area contributed by atoms with Crippen LogP contribution in [0.1, 0.15) is 17.9 Å². The monoisotopic (exact) mass is 268 g/mol. The van der Waals surface area contributed by atoms with Crippen LogP contribution in [0.5, 0.6) is 0 Å². The molecule has 2 rings (SSSR count). The summed E-state index contributed by atoms with van der Waals surface area (Å²) in [5.74, 6) is -0.661. The van der Waals surface area contributed by atoms with Gasteiger partial charge in [-0.2, -0.15) is 0 Å². The van der Waals surface area contributed by atoms with E-state index in [4.69, 9.17) is 22.1 Å². The Morgan fingerprint density at radius 3 is 2.78 bits per heavy atom. The highest BCUT2D eigenvalue weighted by Gasteiger charge is 2.21. The van der Waals surface area contributed by atoms with Crippen molar-refractivity contribution in [2.45, 2.75) is 18.4 Å². The molecule has 5 heteroatoms. The fourth-order valence-electron chi connectivity index (χ4n) is 2.06. The predicted molar refractivity (Wildman–Crippen MR) is 70.6 cm³/mol. The maximum atomic E-state index is 11.5. The minimum atomic E-state index is -0.331. The van der Waals surface area contributed by atoms with Crippen LogP contribution < -0.4 is 11.1 Å². The smallest absolute Gasteiger partial charge is 0.226 e. The summed E-state index contributed by atoms with van der Waals surface area (Å²) in [6.07, 6.45) is 0.978. The number of carbonyl (C=O) groups excluding carboxylic acids is 1. The van der Waals surface area contributed by atoms with Crippen LogP contribution in [0.15, 0.2) is 24.3 Å². The molecule has 4 nitrogen and oxygen atoms in total. The molecule has 2 atom stereocenters. The first-order valence-electron chi connectivity index (χ1n) is 6.02. The number of carbonyl (C=O) groups is 1. The van der Waals surface area contributed by atoms with Crippen LogP contribution in [-0.2, 0) is 9.53 Å². The van der Waals surface area contributed by atoms with Gasteiger partial charge in [-0.3, -0.25) is 4.79 Å². The van der Waals surface area contributed by atoms with Gasteiger partial charge in [0.15, 0.2) is 0 Å². The molecule has 1 amide bonds. The normalized spacial score (nSPS) is 20.8. The highest BCUT2D eigenvalue weighted by atomic mass is 35.5. The second-order valence-electron chi connectivity index (χ2n) is 4.48. The fraction of sp³-hybridized carbons (Fsp3) is 0.462. The second kappa shape index (κ2) is 6.18. The molecular weight excluding hydrogens is 252 g/mol. The van der Waals surface area contributed by atoms with Crippen LogP contribution in [0.2, 0.25) is 5.02 Å². The average molecular weight is 269 g/mol. The van der Waals surface area contributed by atoms with E-state index in [0.717, 1.165) is 18.6 Å². The summed E-state index contributed by atoms with van der Waals surface area (Å²) >= 11 is 5.83. The molecule has 0 aliphatic carbocycles. The number of amides is 1.